The van der Waals surface area contributed by atoms with Crippen LogP contribution in [0.2, 0.25) is 5.02 Å². The Morgan fingerprint density at radius 2 is 1.79 bits per heavy atom. The number of thiazole rings is 1. The fourth-order valence-electron chi connectivity index (χ4n) is 3.82. The monoisotopic (exact) mass is 508 g/mol. The Morgan fingerprint density at radius 3 is 2.45 bits per heavy atom. The van der Waals surface area contributed by atoms with E-state index >= 15 is 0 Å². The van der Waals surface area contributed by atoms with Gasteiger partial charge in [-0.3, -0.25) is 14.2 Å². The van der Waals surface area contributed by atoms with Crippen LogP contribution in [0.5, 0.6) is 0 Å². The fourth-order valence-corrected chi connectivity index (χ4v) is 6.52. The van der Waals surface area contributed by atoms with Crippen LogP contribution < -0.4 is 10.2 Å². The molecular weight excluding hydrogens is 484 g/mol. The van der Waals surface area contributed by atoms with Crippen molar-refractivity contribution in [2.45, 2.75) is 24.8 Å². The van der Waals surface area contributed by atoms with Gasteiger partial charge in [0, 0.05) is 37.9 Å². The Kier molecular flexibility index (Phi) is 6.66. The molecule has 1 aliphatic heterocycles. The van der Waals surface area contributed by atoms with Crippen molar-refractivity contribution >= 4 is 54.8 Å². The van der Waals surface area contributed by atoms with E-state index in [0.717, 1.165) is 21.6 Å². The second-order valence-electron chi connectivity index (χ2n) is 8.32. The minimum Gasteiger partial charge on any atom is -0.322 e. The lowest BCUT2D eigenvalue weighted by Crippen LogP contribution is -2.47. The van der Waals surface area contributed by atoms with Gasteiger partial charge in [-0.05, 0) is 57.3 Å². The van der Waals surface area contributed by atoms with Crippen LogP contribution in [0.4, 0.5) is 5.69 Å². The van der Waals surface area contributed by atoms with Crippen molar-refractivity contribution in [2.75, 3.05) is 38.5 Å². The number of hydrogen-bond acceptors (Lipinski definition) is 6. The number of nitrogens with zero attached hydrogens (tertiary/aromatic N) is 3. The smallest absolute Gasteiger partial charge is 0.308 e. The first-order valence-electron chi connectivity index (χ1n) is 10.5. The zero-order chi connectivity index (χ0) is 23.9. The molecule has 0 unspecified atom stereocenters. The second-order valence-corrected chi connectivity index (χ2v) is 11.7. The average Bonchev–Trinajstić information content (AvgIpc) is 3.09. The molecule has 1 aromatic heterocycles. The minimum atomic E-state index is -3.74. The van der Waals surface area contributed by atoms with Crippen LogP contribution in [0.3, 0.4) is 0 Å². The van der Waals surface area contributed by atoms with Gasteiger partial charge in [0.25, 0.3) is 5.91 Å². The molecule has 176 valence electrons. The topological polar surface area (TPSA) is 91.7 Å². The third-order valence-corrected chi connectivity index (χ3v) is 8.81. The van der Waals surface area contributed by atoms with Gasteiger partial charge in [0.1, 0.15) is 0 Å². The Bertz CT molecular complexity index is 1370. The number of likely N-dealkylation sites (N-methyl/N-ethyl adjacent to an activating group) is 1. The molecule has 0 saturated carbocycles. The summed E-state index contributed by atoms with van der Waals surface area (Å²) in [5, 5.41) is 2.92. The van der Waals surface area contributed by atoms with Gasteiger partial charge in [0.05, 0.1) is 25.7 Å². The number of aromatic nitrogens is 1. The largest absolute Gasteiger partial charge is 0.322 e. The van der Waals surface area contributed by atoms with Crippen molar-refractivity contribution in [1.82, 2.24) is 13.8 Å². The minimum absolute atomic E-state index is 0.0236. The van der Waals surface area contributed by atoms with E-state index in [2.05, 4.69) is 10.2 Å². The van der Waals surface area contributed by atoms with Crippen LogP contribution >= 0.6 is 22.9 Å². The molecule has 1 aliphatic rings. The number of anilines is 1. The third kappa shape index (κ3) is 4.71. The van der Waals surface area contributed by atoms with Crippen LogP contribution in [0.15, 0.2) is 46.1 Å². The molecule has 1 fully saturated rings. The summed E-state index contributed by atoms with van der Waals surface area (Å²) in [6, 6.07) is 9.43. The highest BCUT2D eigenvalue weighted by Crippen LogP contribution is 2.27. The lowest BCUT2D eigenvalue weighted by molar-refractivity contribution is 0.102. The summed E-state index contributed by atoms with van der Waals surface area (Å²) in [6.07, 6.45) is 0. The molecule has 0 spiro atoms. The average molecular weight is 509 g/mol. The maximum atomic E-state index is 13.1. The lowest BCUT2D eigenvalue weighted by atomic mass is 10.2. The zero-order valence-electron chi connectivity index (χ0n) is 18.5. The van der Waals surface area contributed by atoms with Gasteiger partial charge in [-0.1, -0.05) is 22.9 Å². The Labute approximate surface area is 201 Å². The number of benzene rings is 2. The summed E-state index contributed by atoms with van der Waals surface area (Å²) in [6.45, 7) is 5.95. The first kappa shape index (κ1) is 23.9. The van der Waals surface area contributed by atoms with Gasteiger partial charge in [-0.2, -0.15) is 4.31 Å². The standard InChI is InChI=1S/C22H25ClN4O4S2/c1-14(2)27-19-7-4-15(12-20(19)32-22(27)29)24-21(28)17-13-16(5-6-18(17)23)33(30,31)26-10-8-25(3)9-11-26/h4-7,12-14H,8-11H2,1-3H3,(H,24,28). The first-order valence-corrected chi connectivity index (χ1v) is 13.2. The normalized spacial score (nSPS) is 15.9. The molecule has 8 nitrogen and oxygen atoms in total. The van der Waals surface area contributed by atoms with E-state index in [-0.39, 0.29) is 26.4 Å². The van der Waals surface area contributed by atoms with Crippen molar-refractivity contribution in [3.63, 3.8) is 0 Å². The maximum absolute atomic E-state index is 13.1. The van der Waals surface area contributed by atoms with E-state index in [9.17, 15) is 18.0 Å². The van der Waals surface area contributed by atoms with Crippen LogP contribution in [-0.4, -0.2) is 61.3 Å². The molecule has 2 aromatic carbocycles. The summed E-state index contributed by atoms with van der Waals surface area (Å²) < 4.78 is 30.0. The number of hydrogen-bond donors (Lipinski definition) is 1. The number of sulfonamides is 1. The van der Waals surface area contributed by atoms with Crippen LogP contribution in [0, 0.1) is 0 Å². The summed E-state index contributed by atoms with van der Waals surface area (Å²) >= 11 is 7.36. The van der Waals surface area contributed by atoms with E-state index in [4.69, 9.17) is 11.6 Å². The van der Waals surface area contributed by atoms with E-state index in [0.29, 0.717) is 31.9 Å². The number of carbonyl (C=O) groups is 1. The van der Waals surface area contributed by atoms with Crippen LogP contribution in [-0.2, 0) is 10.0 Å². The molecule has 3 aromatic rings. The fraction of sp³-hybridized carbons (Fsp3) is 0.364. The van der Waals surface area contributed by atoms with E-state index < -0.39 is 15.9 Å². The SMILES string of the molecule is CC(C)n1c(=O)sc2cc(NC(=O)c3cc(S(=O)(=O)N4CCN(C)CC4)ccc3Cl)ccc21. The number of rotatable bonds is 5. The Morgan fingerprint density at radius 1 is 1.09 bits per heavy atom. The Balaban J connectivity index is 1.60. The quantitative estimate of drug-likeness (QED) is 0.569. The molecule has 0 radical (unpaired) electrons. The van der Waals surface area contributed by atoms with Crippen molar-refractivity contribution in [2.24, 2.45) is 0 Å². The number of amides is 1. The number of nitrogens with one attached hydrogen (secondary N) is 1. The van der Waals surface area contributed by atoms with Crippen LogP contribution in [0.1, 0.15) is 30.2 Å². The van der Waals surface area contributed by atoms with Crippen LogP contribution in [0.25, 0.3) is 10.2 Å². The van der Waals surface area contributed by atoms with E-state index in [1.54, 1.807) is 22.8 Å². The second kappa shape index (κ2) is 9.19. The van der Waals surface area contributed by atoms with Gasteiger partial charge >= 0.3 is 4.87 Å². The molecule has 1 amide bonds. The molecule has 2 heterocycles. The molecule has 11 heteroatoms. The first-order chi connectivity index (χ1) is 15.6. The van der Waals surface area contributed by atoms with Crippen molar-refractivity contribution in [1.29, 1.82) is 0 Å². The lowest BCUT2D eigenvalue weighted by Gasteiger charge is -2.31. The van der Waals surface area contributed by atoms with Gasteiger partial charge in [0.2, 0.25) is 10.0 Å². The number of carbonyl (C=O) groups excluding carboxylic acids is 1. The maximum Gasteiger partial charge on any atom is 0.308 e. The molecule has 0 aliphatic carbocycles. The van der Waals surface area contributed by atoms with Gasteiger partial charge in [-0.15, -0.1) is 0 Å². The van der Waals surface area contributed by atoms with Gasteiger partial charge in [0.15, 0.2) is 0 Å². The number of halogens is 1. The van der Waals surface area contributed by atoms with E-state index in [1.807, 2.05) is 20.9 Å². The molecule has 4 rings (SSSR count). The highest BCUT2D eigenvalue weighted by atomic mass is 35.5. The highest BCUT2D eigenvalue weighted by Gasteiger charge is 2.28. The summed E-state index contributed by atoms with van der Waals surface area (Å²) in [5.41, 5.74) is 1.37. The highest BCUT2D eigenvalue weighted by molar-refractivity contribution is 7.89. The molecule has 33 heavy (non-hydrogen) atoms. The number of piperazine rings is 1. The molecule has 1 N–H and O–H groups in total. The summed E-state index contributed by atoms with van der Waals surface area (Å²) in [5.74, 6) is -0.523. The molecule has 0 bridgehead atoms. The van der Waals surface area contributed by atoms with Gasteiger partial charge < -0.3 is 10.2 Å². The van der Waals surface area contributed by atoms with Crippen molar-refractivity contribution in [3.8, 4) is 0 Å². The molecule has 0 atom stereocenters. The molecule has 1 saturated heterocycles. The number of fused-ring (bicyclic) bond motifs is 1. The summed E-state index contributed by atoms with van der Waals surface area (Å²) in [7, 11) is -1.79. The molecular formula is C22H25ClN4O4S2. The summed E-state index contributed by atoms with van der Waals surface area (Å²) in [4.78, 5) is 27.3. The predicted octanol–water partition coefficient (Wildman–Crippen LogP) is 3.49. The Hall–Kier alpha value is -2.24. The van der Waals surface area contributed by atoms with E-state index in [1.165, 1.54) is 22.5 Å². The zero-order valence-corrected chi connectivity index (χ0v) is 20.9. The predicted molar refractivity (Wildman–Crippen MR) is 132 cm³/mol. The van der Waals surface area contributed by atoms with Crippen molar-refractivity contribution < 1.29 is 13.2 Å². The third-order valence-electron chi connectivity index (χ3n) is 5.67. The van der Waals surface area contributed by atoms with Crippen molar-refractivity contribution in [3.05, 3.63) is 56.7 Å². The van der Waals surface area contributed by atoms with Gasteiger partial charge in [-0.25, -0.2) is 8.42 Å².